The van der Waals surface area contributed by atoms with E-state index in [2.05, 4.69) is 84.1 Å². The van der Waals surface area contributed by atoms with Gasteiger partial charge in [0, 0.05) is 34.8 Å². The van der Waals surface area contributed by atoms with E-state index in [4.69, 9.17) is 10.5 Å². The minimum atomic E-state index is -0.0941. The normalized spacial score (nSPS) is 15.1. The maximum absolute atomic E-state index is 13.0. The van der Waals surface area contributed by atoms with Gasteiger partial charge in [0.25, 0.3) is 0 Å². The van der Waals surface area contributed by atoms with Crippen LogP contribution in [0.1, 0.15) is 80.7 Å². The lowest BCUT2D eigenvalue weighted by Gasteiger charge is -2.23. The first-order chi connectivity index (χ1) is 16.5. The zero-order valence-electron chi connectivity index (χ0n) is 22.1. The third-order valence-corrected chi connectivity index (χ3v) is 6.88. The summed E-state index contributed by atoms with van der Waals surface area (Å²) in [6.45, 7) is 15.4. The molecule has 0 aromatic heterocycles. The van der Waals surface area contributed by atoms with Crippen LogP contribution < -0.4 is 15.8 Å². The molecule has 1 atom stereocenters. The third kappa shape index (κ3) is 5.07. The fraction of sp³-hybridized carbons (Fsp3) is 0.387. The number of ether oxygens (including phenoxy) is 1. The Labute approximate surface area is 209 Å². The van der Waals surface area contributed by atoms with Crippen molar-refractivity contribution >= 4 is 17.3 Å². The highest BCUT2D eigenvalue weighted by Crippen LogP contribution is 2.51. The van der Waals surface area contributed by atoms with E-state index in [1.54, 1.807) is 0 Å². The molecule has 1 heterocycles. The van der Waals surface area contributed by atoms with Gasteiger partial charge in [-0.15, -0.1) is 0 Å². The molecule has 0 saturated carbocycles. The number of fused-ring (bicyclic) bond motifs is 1. The van der Waals surface area contributed by atoms with Gasteiger partial charge in [-0.1, -0.05) is 71.0 Å². The second kappa shape index (κ2) is 9.41. The minimum Gasteiger partial charge on any atom is -0.492 e. The van der Waals surface area contributed by atoms with Crippen molar-refractivity contribution in [2.45, 2.75) is 66.7 Å². The topological polar surface area (TPSA) is 64.4 Å². The molecule has 0 radical (unpaired) electrons. The first-order valence-electron chi connectivity index (χ1n) is 12.5. The van der Waals surface area contributed by atoms with Crippen molar-refractivity contribution in [1.29, 1.82) is 0 Å². The molecule has 4 nitrogen and oxygen atoms in total. The number of benzene rings is 3. The lowest BCUT2D eigenvalue weighted by molar-refractivity contribution is -0.117. The second-order valence-corrected chi connectivity index (χ2v) is 11.3. The van der Waals surface area contributed by atoms with Gasteiger partial charge >= 0.3 is 0 Å². The Balaban J connectivity index is 1.88. The van der Waals surface area contributed by atoms with E-state index >= 15 is 0 Å². The number of carbonyl (C=O) groups is 1. The predicted octanol–water partition coefficient (Wildman–Crippen LogP) is 7.58. The molecule has 0 aliphatic carbocycles. The smallest absolute Gasteiger partial charge is 0.224 e. The largest absolute Gasteiger partial charge is 0.492 e. The van der Waals surface area contributed by atoms with Crippen LogP contribution in [0.2, 0.25) is 0 Å². The fourth-order valence-corrected chi connectivity index (χ4v) is 5.11. The summed E-state index contributed by atoms with van der Waals surface area (Å²) in [6.07, 6.45) is 0.452. The summed E-state index contributed by atoms with van der Waals surface area (Å²) in [4.78, 5) is 13.0. The number of nitrogens with one attached hydrogen (secondary N) is 1. The molecule has 1 unspecified atom stereocenters. The Hall–Kier alpha value is -3.27. The predicted molar refractivity (Wildman–Crippen MR) is 146 cm³/mol. The van der Waals surface area contributed by atoms with E-state index in [9.17, 15) is 4.79 Å². The van der Waals surface area contributed by atoms with Gasteiger partial charge in [-0.3, -0.25) is 4.79 Å². The second-order valence-electron chi connectivity index (χ2n) is 11.3. The van der Waals surface area contributed by atoms with Crippen molar-refractivity contribution in [2.24, 2.45) is 5.41 Å². The molecule has 0 saturated heterocycles. The number of nitrogens with two attached hydrogens (primary N) is 1. The van der Waals surface area contributed by atoms with E-state index in [0.29, 0.717) is 24.6 Å². The lowest BCUT2D eigenvalue weighted by Crippen LogP contribution is -2.21. The summed E-state index contributed by atoms with van der Waals surface area (Å²) in [5.41, 5.74) is 15.4. The van der Waals surface area contributed by atoms with Crippen LogP contribution in [0.25, 0.3) is 11.1 Å². The van der Waals surface area contributed by atoms with Gasteiger partial charge in [-0.2, -0.15) is 0 Å². The molecule has 1 aliphatic heterocycles. The Kier molecular flexibility index (Phi) is 6.68. The summed E-state index contributed by atoms with van der Waals surface area (Å²) in [5.74, 6) is 1.52. The van der Waals surface area contributed by atoms with Crippen molar-refractivity contribution < 1.29 is 9.53 Å². The van der Waals surface area contributed by atoms with Gasteiger partial charge in [0.15, 0.2) is 0 Å². The van der Waals surface area contributed by atoms with Crippen molar-refractivity contribution in [3.63, 3.8) is 0 Å². The van der Waals surface area contributed by atoms with Gasteiger partial charge in [0.2, 0.25) is 5.91 Å². The summed E-state index contributed by atoms with van der Waals surface area (Å²) >= 11 is 0. The number of nitrogen functional groups attached to an aromatic ring is 1. The molecule has 0 bridgehead atoms. The Morgan fingerprint density at radius 1 is 1.09 bits per heavy atom. The van der Waals surface area contributed by atoms with E-state index in [1.807, 2.05) is 18.2 Å². The molecule has 0 fully saturated rings. The minimum absolute atomic E-state index is 0.0268. The van der Waals surface area contributed by atoms with Crippen molar-refractivity contribution in [2.75, 3.05) is 17.7 Å². The highest BCUT2D eigenvalue weighted by atomic mass is 16.5. The highest BCUT2D eigenvalue weighted by Gasteiger charge is 2.34. The SMILES string of the molecule is Cc1c(NC(=O)CC(C)(C)C)c(C)c2c(c1-c1cccc(N)c1)OCC2c1ccc(C(C)C)cc1. The molecular weight excluding hydrogens is 432 g/mol. The summed E-state index contributed by atoms with van der Waals surface area (Å²) in [5, 5.41) is 3.26. The van der Waals surface area contributed by atoms with Gasteiger partial charge < -0.3 is 15.8 Å². The standard InChI is InChI=1S/C31H38N2O2/c1-18(2)21-11-13-22(14-12-21)25-17-35-30-27(23-9-8-10-24(32)15-23)19(3)29(20(4)28(25)30)33-26(34)16-31(5,6)7/h8-15,18,25H,16-17,32H2,1-7H3,(H,33,34). The quantitative estimate of drug-likeness (QED) is 0.378. The van der Waals surface area contributed by atoms with Gasteiger partial charge in [0.1, 0.15) is 5.75 Å². The van der Waals surface area contributed by atoms with Gasteiger partial charge in [-0.05, 0) is 65.1 Å². The molecule has 184 valence electrons. The molecule has 3 aromatic carbocycles. The Morgan fingerprint density at radius 2 is 1.77 bits per heavy atom. The number of hydrogen-bond acceptors (Lipinski definition) is 3. The third-order valence-electron chi connectivity index (χ3n) is 6.88. The van der Waals surface area contributed by atoms with Crippen LogP contribution in [0.5, 0.6) is 5.75 Å². The van der Waals surface area contributed by atoms with Crippen molar-refractivity contribution in [3.8, 4) is 16.9 Å². The monoisotopic (exact) mass is 470 g/mol. The Bertz CT molecular complexity index is 1250. The summed E-state index contributed by atoms with van der Waals surface area (Å²) in [6, 6.07) is 16.8. The summed E-state index contributed by atoms with van der Waals surface area (Å²) < 4.78 is 6.42. The van der Waals surface area contributed by atoms with Gasteiger partial charge in [-0.25, -0.2) is 0 Å². The van der Waals surface area contributed by atoms with Crippen LogP contribution in [0.4, 0.5) is 11.4 Å². The van der Waals surface area contributed by atoms with Crippen LogP contribution in [-0.4, -0.2) is 12.5 Å². The van der Waals surface area contributed by atoms with Crippen LogP contribution in [-0.2, 0) is 4.79 Å². The fourth-order valence-electron chi connectivity index (χ4n) is 5.11. The zero-order chi connectivity index (χ0) is 25.5. The molecule has 35 heavy (non-hydrogen) atoms. The number of amides is 1. The first kappa shape index (κ1) is 24.8. The molecule has 1 amide bonds. The molecule has 0 spiro atoms. The van der Waals surface area contributed by atoms with Crippen LogP contribution >= 0.6 is 0 Å². The van der Waals surface area contributed by atoms with E-state index < -0.39 is 0 Å². The average Bonchev–Trinajstić information content (AvgIpc) is 3.20. The Morgan fingerprint density at radius 3 is 2.37 bits per heavy atom. The summed E-state index contributed by atoms with van der Waals surface area (Å²) in [7, 11) is 0. The first-order valence-corrected chi connectivity index (χ1v) is 12.5. The highest BCUT2D eigenvalue weighted by molar-refractivity contribution is 5.96. The molecule has 4 heteroatoms. The molecule has 4 rings (SSSR count). The molecule has 3 N–H and O–H groups in total. The van der Waals surface area contributed by atoms with Crippen LogP contribution in [0, 0.1) is 19.3 Å². The molecular formula is C31H38N2O2. The van der Waals surface area contributed by atoms with Crippen molar-refractivity contribution in [1.82, 2.24) is 0 Å². The lowest BCUT2D eigenvalue weighted by atomic mass is 9.84. The van der Waals surface area contributed by atoms with E-state index in [0.717, 1.165) is 39.3 Å². The van der Waals surface area contributed by atoms with E-state index in [-0.39, 0.29) is 17.2 Å². The number of hydrogen-bond donors (Lipinski definition) is 2. The maximum Gasteiger partial charge on any atom is 0.224 e. The molecule has 1 aliphatic rings. The number of rotatable bonds is 5. The number of carbonyl (C=O) groups excluding carboxylic acids is 1. The zero-order valence-corrected chi connectivity index (χ0v) is 22.1. The number of anilines is 2. The van der Waals surface area contributed by atoms with Crippen molar-refractivity contribution in [3.05, 3.63) is 76.3 Å². The van der Waals surface area contributed by atoms with Crippen LogP contribution in [0.15, 0.2) is 48.5 Å². The van der Waals surface area contributed by atoms with E-state index in [1.165, 1.54) is 11.1 Å². The molecule has 3 aromatic rings. The average molecular weight is 471 g/mol. The van der Waals surface area contributed by atoms with Gasteiger partial charge in [0.05, 0.1) is 6.61 Å². The maximum atomic E-state index is 13.0. The van der Waals surface area contributed by atoms with Crippen LogP contribution in [0.3, 0.4) is 0 Å².